The third kappa shape index (κ3) is 3.17. The lowest BCUT2D eigenvalue weighted by Crippen LogP contribution is -2.38. The van der Waals surface area contributed by atoms with Crippen LogP contribution in [0.2, 0.25) is 0 Å². The summed E-state index contributed by atoms with van der Waals surface area (Å²) in [6.45, 7) is 7.13. The van der Waals surface area contributed by atoms with E-state index >= 15 is 0 Å². The minimum atomic E-state index is -0.704. The predicted octanol–water partition coefficient (Wildman–Crippen LogP) is 1.65. The van der Waals surface area contributed by atoms with Crippen LogP contribution < -0.4 is 10.9 Å². The number of rotatable bonds is 7. The van der Waals surface area contributed by atoms with E-state index in [2.05, 4.69) is 10.4 Å². The van der Waals surface area contributed by atoms with Gasteiger partial charge in [-0.1, -0.05) is 0 Å². The molecule has 3 heterocycles. The third-order valence-electron chi connectivity index (χ3n) is 4.14. The van der Waals surface area contributed by atoms with Crippen molar-refractivity contribution in [3.05, 3.63) is 34.6 Å². The van der Waals surface area contributed by atoms with Crippen LogP contribution in [0.25, 0.3) is 16.6 Å². The Morgan fingerprint density at radius 3 is 3.00 bits per heavy atom. The molecule has 0 spiro atoms. The van der Waals surface area contributed by atoms with Gasteiger partial charge >= 0.3 is 0 Å². The molecule has 0 fully saturated rings. The Morgan fingerprint density at radius 2 is 2.24 bits per heavy atom. The standard InChI is InChI=1S/C17H22N4O4/c1-4-24-8-5-7-18-16(22)11(2)21-17(23)14-10-15-13(6-9-25-15)20(14)12(3)19-21/h6,9-11H,4-5,7-8H2,1-3H3,(H,18,22). The van der Waals surface area contributed by atoms with Gasteiger partial charge in [-0.05, 0) is 27.2 Å². The Kier molecular flexibility index (Phi) is 4.89. The van der Waals surface area contributed by atoms with E-state index < -0.39 is 6.04 Å². The van der Waals surface area contributed by atoms with Crippen LogP contribution in [0, 0.1) is 6.92 Å². The molecule has 1 atom stereocenters. The second-order valence-corrected chi connectivity index (χ2v) is 5.85. The molecule has 0 saturated carbocycles. The average molecular weight is 346 g/mol. The maximum Gasteiger partial charge on any atom is 0.291 e. The van der Waals surface area contributed by atoms with Gasteiger partial charge in [-0.15, -0.1) is 0 Å². The number of hydrogen-bond acceptors (Lipinski definition) is 5. The zero-order chi connectivity index (χ0) is 18.0. The minimum absolute atomic E-state index is 0.245. The molecule has 8 heteroatoms. The Hall–Kier alpha value is -2.61. The number of carbonyl (C=O) groups excluding carboxylic acids is 1. The van der Waals surface area contributed by atoms with Gasteiger partial charge < -0.3 is 14.5 Å². The highest BCUT2D eigenvalue weighted by atomic mass is 16.5. The summed E-state index contributed by atoms with van der Waals surface area (Å²) in [6, 6.07) is 2.76. The number of nitrogens with zero attached hydrogens (tertiary/aromatic N) is 3. The summed E-state index contributed by atoms with van der Waals surface area (Å²) in [6.07, 6.45) is 2.29. The monoisotopic (exact) mass is 346 g/mol. The van der Waals surface area contributed by atoms with E-state index in [1.54, 1.807) is 36.6 Å². The van der Waals surface area contributed by atoms with Crippen molar-refractivity contribution in [3.63, 3.8) is 0 Å². The van der Waals surface area contributed by atoms with Gasteiger partial charge in [-0.25, -0.2) is 4.68 Å². The van der Waals surface area contributed by atoms with Crippen LogP contribution >= 0.6 is 0 Å². The van der Waals surface area contributed by atoms with Gasteiger partial charge in [0.05, 0.1) is 11.8 Å². The van der Waals surface area contributed by atoms with Crippen LogP contribution in [0.1, 0.15) is 32.1 Å². The van der Waals surface area contributed by atoms with E-state index in [1.807, 2.05) is 6.92 Å². The lowest BCUT2D eigenvalue weighted by Gasteiger charge is -2.15. The molecule has 0 bridgehead atoms. The number of fused-ring (bicyclic) bond motifs is 3. The molecular weight excluding hydrogens is 324 g/mol. The largest absolute Gasteiger partial charge is 0.463 e. The molecule has 0 aliphatic rings. The molecule has 1 unspecified atom stereocenters. The molecule has 3 aromatic rings. The molecular formula is C17H22N4O4. The van der Waals surface area contributed by atoms with E-state index in [-0.39, 0.29) is 11.5 Å². The van der Waals surface area contributed by atoms with Crippen molar-refractivity contribution in [2.45, 2.75) is 33.2 Å². The summed E-state index contributed by atoms with van der Waals surface area (Å²) in [5, 5.41) is 7.13. The zero-order valence-corrected chi connectivity index (χ0v) is 14.6. The summed E-state index contributed by atoms with van der Waals surface area (Å²) >= 11 is 0. The fraction of sp³-hybridized carbons (Fsp3) is 0.471. The Bertz CT molecular complexity index is 953. The molecule has 8 nitrogen and oxygen atoms in total. The quantitative estimate of drug-likeness (QED) is 0.657. The first-order valence-corrected chi connectivity index (χ1v) is 8.38. The normalized spacial score (nSPS) is 12.8. The van der Waals surface area contributed by atoms with Gasteiger partial charge in [0.15, 0.2) is 5.58 Å². The number of nitrogens with one attached hydrogen (secondary N) is 1. The Labute approximate surface area is 144 Å². The lowest BCUT2D eigenvalue weighted by atomic mass is 10.3. The van der Waals surface area contributed by atoms with E-state index in [1.165, 1.54) is 4.68 Å². The summed E-state index contributed by atoms with van der Waals surface area (Å²) in [5.74, 6) is 0.368. The van der Waals surface area contributed by atoms with Crippen LogP contribution in [0.3, 0.4) is 0 Å². The molecule has 25 heavy (non-hydrogen) atoms. The van der Waals surface area contributed by atoms with Gasteiger partial charge in [0.2, 0.25) is 5.91 Å². The molecule has 134 valence electrons. The number of hydrogen-bond donors (Lipinski definition) is 1. The average Bonchev–Trinajstić information content (AvgIpc) is 3.18. The van der Waals surface area contributed by atoms with E-state index in [0.717, 1.165) is 11.9 Å². The molecule has 1 N–H and O–H groups in total. The first-order valence-electron chi connectivity index (χ1n) is 8.38. The topological polar surface area (TPSA) is 90.8 Å². The molecule has 0 aliphatic carbocycles. The molecule has 3 aromatic heterocycles. The van der Waals surface area contributed by atoms with Crippen molar-refractivity contribution >= 4 is 22.5 Å². The van der Waals surface area contributed by atoms with Gasteiger partial charge in [0.1, 0.15) is 17.4 Å². The maximum absolute atomic E-state index is 12.7. The van der Waals surface area contributed by atoms with Crippen LogP contribution in [-0.2, 0) is 9.53 Å². The highest BCUT2D eigenvalue weighted by molar-refractivity contribution is 5.83. The smallest absolute Gasteiger partial charge is 0.291 e. The second kappa shape index (κ2) is 7.10. The molecule has 0 aromatic carbocycles. The zero-order valence-electron chi connectivity index (χ0n) is 14.6. The molecule has 3 rings (SSSR count). The van der Waals surface area contributed by atoms with E-state index in [0.29, 0.717) is 36.7 Å². The van der Waals surface area contributed by atoms with Crippen LogP contribution in [0.5, 0.6) is 0 Å². The Morgan fingerprint density at radius 1 is 1.44 bits per heavy atom. The Balaban J connectivity index is 1.84. The first-order chi connectivity index (χ1) is 12.0. The maximum atomic E-state index is 12.7. The minimum Gasteiger partial charge on any atom is -0.463 e. The van der Waals surface area contributed by atoms with Crippen molar-refractivity contribution in [2.24, 2.45) is 0 Å². The van der Waals surface area contributed by atoms with Gasteiger partial charge in [-0.3, -0.25) is 14.0 Å². The first kappa shape index (κ1) is 17.2. The highest BCUT2D eigenvalue weighted by Gasteiger charge is 2.21. The molecule has 0 aliphatic heterocycles. The van der Waals surface area contributed by atoms with Crippen molar-refractivity contribution in [3.8, 4) is 0 Å². The van der Waals surface area contributed by atoms with Gasteiger partial charge in [0.25, 0.3) is 5.56 Å². The van der Waals surface area contributed by atoms with Crippen molar-refractivity contribution in [1.82, 2.24) is 19.5 Å². The summed E-state index contributed by atoms with van der Waals surface area (Å²) in [7, 11) is 0. The summed E-state index contributed by atoms with van der Waals surface area (Å²) in [4.78, 5) is 25.1. The molecule has 0 radical (unpaired) electrons. The van der Waals surface area contributed by atoms with Crippen molar-refractivity contribution in [2.75, 3.05) is 19.8 Å². The number of aryl methyl sites for hydroxylation is 1. The molecule has 1 amide bonds. The van der Waals surface area contributed by atoms with E-state index in [9.17, 15) is 9.59 Å². The van der Waals surface area contributed by atoms with Crippen molar-refractivity contribution in [1.29, 1.82) is 0 Å². The summed E-state index contributed by atoms with van der Waals surface area (Å²) in [5.41, 5.74) is 1.52. The van der Waals surface area contributed by atoms with Crippen LogP contribution in [-0.4, -0.2) is 39.8 Å². The third-order valence-corrected chi connectivity index (χ3v) is 4.14. The second-order valence-electron chi connectivity index (χ2n) is 5.85. The number of ether oxygens (including phenoxy) is 1. The van der Waals surface area contributed by atoms with E-state index in [4.69, 9.17) is 9.15 Å². The SMILES string of the molecule is CCOCCCNC(=O)C(C)n1nc(C)n2c(cc3occc32)c1=O. The fourth-order valence-electron chi connectivity index (χ4n) is 2.85. The molecule has 0 saturated heterocycles. The fourth-order valence-corrected chi connectivity index (χ4v) is 2.85. The highest BCUT2D eigenvalue weighted by Crippen LogP contribution is 2.20. The number of carbonyl (C=O) groups is 1. The van der Waals surface area contributed by atoms with Gasteiger partial charge in [-0.2, -0.15) is 5.10 Å². The number of aromatic nitrogens is 3. The van der Waals surface area contributed by atoms with Crippen molar-refractivity contribution < 1.29 is 13.9 Å². The lowest BCUT2D eigenvalue weighted by molar-refractivity contribution is -0.124. The predicted molar refractivity (Wildman–Crippen MR) is 92.8 cm³/mol. The van der Waals surface area contributed by atoms with Crippen LogP contribution in [0.4, 0.5) is 0 Å². The van der Waals surface area contributed by atoms with Gasteiger partial charge in [0, 0.05) is 31.9 Å². The summed E-state index contributed by atoms with van der Waals surface area (Å²) < 4.78 is 13.6. The number of amides is 1. The van der Waals surface area contributed by atoms with Crippen LogP contribution in [0.15, 0.2) is 27.6 Å². The number of furan rings is 1.